The van der Waals surface area contributed by atoms with Crippen LogP contribution in [0.15, 0.2) is 41.1 Å². The Morgan fingerprint density at radius 2 is 2.35 bits per heavy atom. The molecule has 2 atom stereocenters. The molecule has 0 radical (unpaired) electrons. The van der Waals surface area contributed by atoms with Crippen molar-refractivity contribution in [1.82, 2.24) is 9.88 Å². The van der Waals surface area contributed by atoms with E-state index < -0.39 is 0 Å². The number of rotatable bonds is 4. The minimum absolute atomic E-state index is 0.0254. The van der Waals surface area contributed by atoms with Crippen molar-refractivity contribution in [2.45, 2.75) is 32.3 Å². The highest BCUT2D eigenvalue weighted by Gasteiger charge is 2.48. The van der Waals surface area contributed by atoms with E-state index in [2.05, 4.69) is 4.98 Å². The molecule has 2 aromatic rings. The van der Waals surface area contributed by atoms with E-state index in [0.29, 0.717) is 36.9 Å². The number of amides is 1. The van der Waals surface area contributed by atoms with Gasteiger partial charge < -0.3 is 18.8 Å². The number of nitrogens with zero attached hydrogens (tertiary/aromatic N) is 2. The lowest BCUT2D eigenvalue weighted by Gasteiger charge is -2.50. The highest BCUT2D eigenvalue weighted by atomic mass is 16.5. The zero-order chi connectivity index (χ0) is 18.0. The highest BCUT2D eigenvalue weighted by Crippen LogP contribution is 2.41. The zero-order valence-electron chi connectivity index (χ0n) is 15.0. The first kappa shape index (κ1) is 17.1. The molecule has 26 heavy (non-hydrogen) atoms. The fourth-order valence-corrected chi connectivity index (χ4v) is 4.10. The number of carbonyl (C=O) groups excluding carboxylic acids is 1. The van der Waals surface area contributed by atoms with Gasteiger partial charge in [0.2, 0.25) is 5.88 Å². The molecule has 0 spiro atoms. The Balaban J connectivity index is 1.53. The van der Waals surface area contributed by atoms with Gasteiger partial charge in [0.15, 0.2) is 0 Å². The van der Waals surface area contributed by atoms with E-state index in [4.69, 9.17) is 13.9 Å². The topological polar surface area (TPSA) is 64.8 Å². The van der Waals surface area contributed by atoms with Crippen LogP contribution in [0.4, 0.5) is 0 Å². The maximum atomic E-state index is 12.9. The van der Waals surface area contributed by atoms with Crippen molar-refractivity contribution in [3.8, 4) is 5.88 Å². The summed E-state index contributed by atoms with van der Waals surface area (Å²) in [6, 6.07) is 7.38. The highest BCUT2D eigenvalue weighted by molar-refractivity contribution is 5.95. The van der Waals surface area contributed by atoms with Crippen molar-refractivity contribution in [3.05, 3.63) is 48.0 Å². The molecule has 2 saturated heterocycles. The van der Waals surface area contributed by atoms with E-state index in [1.807, 2.05) is 30.0 Å². The summed E-state index contributed by atoms with van der Waals surface area (Å²) in [5.74, 6) is 1.30. The first-order chi connectivity index (χ1) is 12.7. The van der Waals surface area contributed by atoms with Gasteiger partial charge in [-0.05, 0) is 38.3 Å². The summed E-state index contributed by atoms with van der Waals surface area (Å²) >= 11 is 0. The van der Waals surface area contributed by atoms with E-state index in [1.165, 1.54) is 0 Å². The Kier molecular flexibility index (Phi) is 4.68. The summed E-state index contributed by atoms with van der Waals surface area (Å²) in [5, 5.41) is 0. The number of piperidine rings is 1. The van der Waals surface area contributed by atoms with Crippen LogP contribution in [0.25, 0.3) is 0 Å². The minimum atomic E-state index is -0.193. The SMILES string of the molecule is Cc1occc1C(=O)N1CC[C@H]2OCCC[C@]2(COc2ccccn2)C1. The molecule has 0 unspecified atom stereocenters. The fraction of sp³-hybridized carbons (Fsp3) is 0.500. The van der Waals surface area contributed by atoms with Gasteiger partial charge in [0, 0.05) is 37.4 Å². The number of likely N-dealkylation sites (tertiary alicyclic amines) is 1. The number of pyridine rings is 1. The van der Waals surface area contributed by atoms with Crippen molar-refractivity contribution < 1.29 is 18.7 Å². The van der Waals surface area contributed by atoms with Crippen LogP contribution < -0.4 is 4.74 Å². The van der Waals surface area contributed by atoms with E-state index in [9.17, 15) is 4.79 Å². The largest absolute Gasteiger partial charge is 0.477 e. The van der Waals surface area contributed by atoms with Gasteiger partial charge in [-0.25, -0.2) is 4.98 Å². The molecule has 0 aliphatic carbocycles. The summed E-state index contributed by atoms with van der Waals surface area (Å²) < 4.78 is 17.4. The molecule has 6 nitrogen and oxygen atoms in total. The second-order valence-corrected chi connectivity index (χ2v) is 7.19. The van der Waals surface area contributed by atoms with Crippen molar-refractivity contribution in [2.24, 2.45) is 5.41 Å². The van der Waals surface area contributed by atoms with Gasteiger partial charge in [0.1, 0.15) is 5.76 Å². The van der Waals surface area contributed by atoms with Crippen molar-refractivity contribution in [3.63, 3.8) is 0 Å². The third-order valence-electron chi connectivity index (χ3n) is 5.51. The van der Waals surface area contributed by atoms with E-state index in [0.717, 1.165) is 25.9 Å². The van der Waals surface area contributed by atoms with Gasteiger partial charge in [0.05, 0.1) is 24.5 Å². The third kappa shape index (κ3) is 3.21. The number of aromatic nitrogens is 1. The quantitative estimate of drug-likeness (QED) is 0.842. The molecule has 0 bridgehead atoms. The molecule has 138 valence electrons. The van der Waals surface area contributed by atoms with Crippen LogP contribution in [0.3, 0.4) is 0 Å². The average Bonchev–Trinajstić information content (AvgIpc) is 3.12. The monoisotopic (exact) mass is 356 g/mol. The molecular weight excluding hydrogens is 332 g/mol. The molecule has 0 aromatic carbocycles. The molecule has 6 heteroatoms. The first-order valence-electron chi connectivity index (χ1n) is 9.17. The lowest BCUT2D eigenvalue weighted by molar-refractivity contribution is -0.133. The predicted octanol–water partition coefficient (Wildman–Crippen LogP) is 3.07. The smallest absolute Gasteiger partial charge is 0.257 e. The number of hydrogen-bond donors (Lipinski definition) is 0. The van der Waals surface area contributed by atoms with Gasteiger partial charge in [-0.15, -0.1) is 0 Å². The minimum Gasteiger partial charge on any atom is -0.477 e. The second kappa shape index (κ2) is 7.11. The Labute approximate surface area is 153 Å². The van der Waals surface area contributed by atoms with Crippen LogP contribution in [-0.2, 0) is 4.74 Å². The molecule has 2 aliphatic rings. The molecule has 2 aromatic heterocycles. The lowest BCUT2D eigenvalue weighted by atomic mass is 9.73. The summed E-state index contributed by atoms with van der Waals surface area (Å²) in [6.07, 6.45) is 6.20. The summed E-state index contributed by atoms with van der Waals surface area (Å²) in [6.45, 7) is 4.44. The van der Waals surface area contributed by atoms with Crippen molar-refractivity contribution in [2.75, 3.05) is 26.3 Å². The van der Waals surface area contributed by atoms with Gasteiger partial charge in [-0.3, -0.25) is 4.79 Å². The summed E-state index contributed by atoms with van der Waals surface area (Å²) in [5.41, 5.74) is 0.447. The Morgan fingerprint density at radius 1 is 1.42 bits per heavy atom. The van der Waals surface area contributed by atoms with E-state index in [1.54, 1.807) is 18.5 Å². The van der Waals surface area contributed by atoms with Crippen LogP contribution >= 0.6 is 0 Å². The fourth-order valence-electron chi connectivity index (χ4n) is 4.10. The maximum absolute atomic E-state index is 12.9. The molecule has 1 amide bonds. The van der Waals surface area contributed by atoms with Crippen LogP contribution in [0.2, 0.25) is 0 Å². The predicted molar refractivity (Wildman–Crippen MR) is 95.1 cm³/mol. The van der Waals surface area contributed by atoms with Gasteiger partial charge in [0.25, 0.3) is 5.91 Å². The van der Waals surface area contributed by atoms with Gasteiger partial charge >= 0.3 is 0 Å². The van der Waals surface area contributed by atoms with E-state index >= 15 is 0 Å². The number of hydrogen-bond acceptors (Lipinski definition) is 5. The molecular formula is C20H24N2O4. The van der Waals surface area contributed by atoms with E-state index in [-0.39, 0.29) is 17.4 Å². The third-order valence-corrected chi connectivity index (χ3v) is 5.51. The molecule has 4 rings (SSSR count). The Morgan fingerprint density at radius 3 is 3.12 bits per heavy atom. The van der Waals surface area contributed by atoms with Crippen LogP contribution in [0, 0.1) is 12.3 Å². The Hall–Kier alpha value is -2.34. The first-order valence-corrected chi connectivity index (χ1v) is 9.17. The lowest BCUT2D eigenvalue weighted by Crippen LogP contribution is -2.58. The molecule has 0 N–H and O–H groups in total. The maximum Gasteiger partial charge on any atom is 0.257 e. The molecule has 4 heterocycles. The van der Waals surface area contributed by atoms with Crippen LogP contribution in [0.5, 0.6) is 5.88 Å². The number of carbonyl (C=O) groups is 1. The van der Waals surface area contributed by atoms with Gasteiger partial charge in [-0.2, -0.15) is 0 Å². The van der Waals surface area contributed by atoms with Crippen molar-refractivity contribution >= 4 is 5.91 Å². The normalized spacial score (nSPS) is 25.6. The number of aryl methyl sites for hydroxylation is 1. The number of fused-ring (bicyclic) bond motifs is 1. The van der Waals surface area contributed by atoms with Gasteiger partial charge in [-0.1, -0.05) is 6.07 Å². The zero-order valence-corrected chi connectivity index (χ0v) is 15.0. The standard InChI is InChI=1S/C20H24N2O4/c1-15-16(7-12-24-15)19(23)22-10-6-17-20(13-22,8-4-11-25-17)14-26-18-5-2-3-9-21-18/h2-3,5,7,9,12,17H,4,6,8,10-11,13-14H2,1H3/t17-,20-/m1/s1. The summed E-state index contributed by atoms with van der Waals surface area (Å²) in [7, 11) is 0. The average molecular weight is 356 g/mol. The molecule has 2 fully saturated rings. The summed E-state index contributed by atoms with van der Waals surface area (Å²) in [4.78, 5) is 19.1. The molecule has 0 saturated carbocycles. The number of furan rings is 1. The Bertz CT molecular complexity index is 760. The second-order valence-electron chi connectivity index (χ2n) is 7.19. The van der Waals surface area contributed by atoms with Crippen molar-refractivity contribution in [1.29, 1.82) is 0 Å². The number of ether oxygens (including phenoxy) is 2. The van der Waals surface area contributed by atoms with Crippen LogP contribution in [-0.4, -0.2) is 48.2 Å². The molecule has 2 aliphatic heterocycles. The van der Waals surface area contributed by atoms with Crippen LogP contribution in [0.1, 0.15) is 35.4 Å².